The summed E-state index contributed by atoms with van der Waals surface area (Å²) in [5.41, 5.74) is 4.32. The molecule has 1 aliphatic carbocycles. The van der Waals surface area contributed by atoms with Crippen molar-refractivity contribution in [3.05, 3.63) is 58.0 Å². The maximum atomic E-state index is 12.8. The highest BCUT2D eigenvalue weighted by molar-refractivity contribution is 8.05. The van der Waals surface area contributed by atoms with Crippen molar-refractivity contribution in [2.45, 2.75) is 56.5 Å². The number of likely N-dealkylation sites (tertiary alicyclic amines) is 1. The van der Waals surface area contributed by atoms with E-state index >= 15 is 0 Å². The number of hydrogen-bond donors (Lipinski definition) is 4. The zero-order valence-corrected chi connectivity index (χ0v) is 20.3. The number of halogens is 3. The van der Waals surface area contributed by atoms with Crippen LogP contribution in [0.3, 0.4) is 0 Å². The van der Waals surface area contributed by atoms with Gasteiger partial charge in [0.25, 0.3) is 5.91 Å². The fourth-order valence-corrected chi connectivity index (χ4v) is 5.03. The number of carbonyl (C=O) groups excluding carboxylic acids is 2. The molecule has 2 aliphatic rings. The molecule has 0 spiro atoms. The molecular weight excluding hydrogens is 481 g/mol. The first-order valence-electron chi connectivity index (χ1n) is 11.4. The lowest BCUT2D eigenvalue weighted by atomic mass is 9.80. The van der Waals surface area contributed by atoms with E-state index in [9.17, 15) is 27.9 Å². The van der Waals surface area contributed by atoms with Crippen molar-refractivity contribution in [2.24, 2.45) is 5.73 Å². The molecule has 0 radical (unpaired) electrons. The van der Waals surface area contributed by atoms with Crippen LogP contribution in [0.5, 0.6) is 0 Å². The standard InChI is InChI=1S/C24H31F3N4O3S/c1-15(28)14-35-16(2)23(34)8-6-20(7-9-23)31-12-19(13-31)30-21(32)11-29-22(33)17-4-3-5-18(10-17)24(25,26)27/h3-5,10,14,19-20,34H,2,6-9,11-13,28H2,1H3,(H,29,33)(H,30,32)/b15-14-. The second kappa shape index (κ2) is 11.0. The number of carbonyl (C=O) groups is 2. The van der Waals surface area contributed by atoms with Crippen LogP contribution in [0.2, 0.25) is 0 Å². The van der Waals surface area contributed by atoms with Gasteiger partial charge in [0.1, 0.15) is 0 Å². The highest BCUT2D eigenvalue weighted by Gasteiger charge is 2.41. The second-order valence-electron chi connectivity index (χ2n) is 9.15. The molecule has 192 valence electrons. The lowest BCUT2D eigenvalue weighted by Gasteiger charge is -2.48. The van der Waals surface area contributed by atoms with Gasteiger partial charge >= 0.3 is 6.18 Å². The summed E-state index contributed by atoms with van der Waals surface area (Å²) in [6.45, 7) is 6.80. The van der Waals surface area contributed by atoms with Crippen molar-refractivity contribution in [3.8, 4) is 0 Å². The van der Waals surface area contributed by atoms with Crippen molar-refractivity contribution >= 4 is 23.6 Å². The molecule has 0 atom stereocenters. The Balaban J connectivity index is 1.37. The third-order valence-corrected chi connectivity index (χ3v) is 7.50. The van der Waals surface area contributed by atoms with E-state index in [1.54, 1.807) is 12.3 Å². The average Bonchev–Trinajstić information content (AvgIpc) is 2.78. The Labute approximate surface area is 207 Å². The molecule has 1 aromatic rings. The van der Waals surface area contributed by atoms with Crippen molar-refractivity contribution in [2.75, 3.05) is 19.6 Å². The molecule has 0 aromatic heterocycles. The summed E-state index contributed by atoms with van der Waals surface area (Å²) >= 11 is 1.36. The molecule has 1 saturated heterocycles. The number of thioether (sulfide) groups is 1. The fraction of sp³-hybridized carbons (Fsp3) is 0.500. The Kier molecular flexibility index (Phi) is 8.55. The number of aliphatic hydroxyl groups is 1. The molecule has 2 fully saturated rings. The molecule has 35 heavy (non-hydrogen) atoms. The van der Waals surface area contributed by atoms with Gasteiger partial charge in [0.05, 0.1) is 23.8 Å². The Morgan fingerprint density at radius 2 is 1.97 bits per heavy atom. The predicted octanol–water partition coefficient (Wildman–Crippen LogP) is 2.98. The van der Waals surface area contributed by atoms with Crippen LogP contribution in [-0.4, -0.2) is 59.1 Å². The normalized spacial score (nSPS) is 23.9. The minimum absolute atomic E-state index is 0.0584. The maximum absolute atomic E-state index is 12.8. The zero-order chi connectivity index (χ0) is 25.8. The number of amides is 2. The summed E-state index contributed by atoms with van der Waals surface area (Å²) in [5, 5.41) is 17.9. The number of nitrogens with two attached hydrogens (primary N) is 1. The van der Waals surface area contributed by atoms with Crippen molar-refractivity contribution in [1.82, 2.24) is 15.5 Å². The average molecular weight is 513 g/mol. The first-order chi connectivity index (χ1) is 16.4. The van der Waals surface area contributed by atoms with Gasteiger partial charge < -0.3 is 21.5 Å². The molecule has 2 amide bonds. The van der Waals surface area contributed by atoms with Crippen LogP contribution in [0.25, 0.3) is 0 Å². The maximum Gasteiger partial charge on any atom is 0.416 e. The van der Waals surface area contributed by atoms with Crippen LogP contribution in [0, 0.1) is 0 Å². The summed E-state index contributed by atoms with van der Waals surface area (Å²) in [4.78, 5) is 27.3. The van der Waals surface area contributed by atoms with E-state index in [1.807, 2.05) is 0 Å². The van der Waals surface area contributed by atoms with Crippen LogP contribution < -0.4 is 16.4 Å². The third kappa shape index (κ3) is 7.25. The molecule has 0 unspecified atom stereocenters. The van der Waals surface area contributed by atoms with E-state index < -0.39 is 29.2 Å². The summed E-state index contributed by atoms with van der Waals surface area (Å²) in [7, 11) is 0. The first kappa shape index (κ1) is 27.1. The molecule has 5 N–H and O–H groups in total. The topological polar surface area (TPSA) is 108 Å². The van der Waals surface area contributed by atoms with Crippen LogP contribution in [0.1, 0.15) is 48.5 Å². The van der Waals surface area contributed by atoms with Gasteiger partial charge in [-0.2, -0.15) is 13.2 Å². The van der Waals surface area contributed by atoms with Crippen molar-refractivity contribution < 1.29 is 27.9 Å². The monoisotopic (exact) mass is 512 g/mol. The molecule has 7 nitrogen and oxygen atoms in total. The van der Waals surface area contributed by atoms with Crippen LogP contribution in [0.4, 0.5) is 13.2 Å². The number of nitrogens with zero attached hydrogens (tertiary/aromatic N) is 1. The van der Waals surface area contributed by atoms with Crippen LogP contribution in [-0.2, 0) is 11.0 Å². The third-order valence-electron chi connectivity index (χ3n) is 6.34. The zero-order valence-electron chi connectivity index (χ0n) is 19.5. The van der Waals surface area contributed by atoms with E-state index in [4.69, 9.17) is 5.73 Å². The van der Waals surface area contributed by atoms with Gasteiger partial charge in [0, 0.05) is 35.3 Å². The number of allylic oxidation sites excluding steroid dienone is 1. The van der Waals surface area contributed by atoms with Gasteiger partial charge in [-0.05, 0) is 56.2 Å². The number of hydrogen-bond acceptors (Lipinski definition) is 6. The number of benzene rings is 1. The molecule has 1 aliphatic heterocycles. The highest BCUT2D eigenvalue weighted by Crippen LogP contribution is 2.41. The van der Waals surface area contributed by atoms with E-state index in [1.165, 1.54) is 17.8 Å². The largest absolute Gasteiger partial charge is 0.416 e. The van der Waals surface area contributed by atoms with Crippen molar-refractivity contribution in [3.63, 3.8) is 0 Å². The van der Waals surface area contributed by atoms with Gasteiger partial charge in [-0.15, -0.1) is 0 Å². The summed E-state index contributed by atoms with van der Waals surface area (Å²) < 4.78 is 38.4. The van der Waals surface area contributed by atoms with E-state index in [-0.39, 0.29) is 18.2 Å². The lowest BCUT2D eigenvalue weighted by Crippen LogP contribution is -2.63. The number of nitrogens with one attached hydrogen (secondary N) is 2. The fourth-order valence-electron chi connectivity index (χ4n) is 4.28. The molecule has 0 bridgehead atoms. The second-order valence-corrected chi connectivity index (χ2v) is 10.1. The molecule has 3 rings (SSSR count). The first-order valence-corrected chi connectivity index (χ1v) is 12.2. The summed E-state index contributed by atoms with van der Waals surface area (Å²) in [6, 6.07) is 4.31. The quantitative estimate of drug-likeness (QED) is 0.427. The lowest BCUT2D eigenvalue weighted by molar-refractivity contribution is -0.137. The van der Waals surface area contributed by atoms with Gasteiger partial charge in [0.15, 0.2) is 0 Å². The Hall–Kier alpha value is -2.50. The minimum atomic E-state index is -4.55. The van der Waals surface area contributed by atoms with Crippen LogP contribution in [0.15, 0.2) is 46.9 Å². The highest BCUT2D eigenvalue weighted by atomic mass is 32.2. The van der Waals surface area contributed by atoms with Crippen molar-refractivity contribution in [1.29, 1.82) is 0 Å². The number of rotatable bonds is 8. The predicted molar refractivity (Wildman–Crippen MR) is 129 cm³/mol. The smallest absolute Gasteiger partial charge is 0.402 e. The Morgan fingerprint density at radius 3 is 2.57 bits per heavy atom. The molecule has 11 heteroatoms. The SMILES string of the molecule is C=C(S/C=C(/C)N)C1(O)CCC(N2CC(NC(=O)CNC(=O)c3cccc(C(F)(F)F)c3)C2)CC1. The minimum Gasteiger partial charge on any atom is -0.402 e. The van der Waals surface area contributed by atoms with E-state index in [0.717, 1.165) is 31.0 Å². The van der Waals surface area contributed by atoms with Crippen LogP contribution >= 0.6 is 11.8 Å². The molecular formula is C24H31F3N4O3S. The van der Waals surface area contributed by atoms with Gasteiger partial charge in [-0.1, -0.05) is 24.4 Å². The molecule has 1 saturated carbocycles. The van der Waals surface area contributed by atoms with Gasteiger partial charge in [0.2, 0.25) is 5.91 Å². The Morgan fingerprint density at radius 1 is 1.31 bits per heavy atom. The summed E-state index contributed by atoms with van der Waals surface area (Å²) in [6.07, 6.45) is -1.70. The Bertz CT molecular complexity index is 980. The summed E-state index contributed by atoms with van der Waals surface area (Å²) in [5.74, 6) is -1.14. The van der Waals surface area contributed by atoms with E-state index in [0.29, 0.717) is 42.6 Å². The van der Waals surface area contributed by atoms with Gasteiger partial charge in [-0.25, -0.2) is 0 Å². The number of alkyl halides is 3. The molecule has 1 heterocycles. The molecule has 1 aromatic carbocycles. The van der Waals surface area contributed by atoms with E-state index in [2.05, 4.69) is 22.1 Å². The van der Waals surface area contributed by atoms with Gasteiger partial charge in [-0.3, -0.25) is 14.5 Å².